The van der Waals surface area contributed by atoms with Crippen molar-refractivity contribution in [3.8, 4) is 0 Å². The van der Waals surface area contributed by atoms with Gasteiger partial charge >= 0.3 is 5.97 Å². The number of anilines is 1. The van der Waals surface area contributed by atoms with Crippen molar-refractivity contribution < 1.29 is 15.0 Å². The van der Waals surface area contributed by atoms with E-state index in [1.54, 1.807) is 12.1 Å². The van der Waals surface area contributed by atoms with E-state index >= 15 is 0 Å². The third-order valence-corrected chi connectivity index (χ3v) is 2.57. The SMILES string of the molecule is Nc1cc(C(O)C(=O)O)ccc1CCCCl. The van der Waals surface area contributed by atoms with Gasteiger partial charge < -0.3 is 15.9 Å². The second kappa shape index (κ2) is 5.72. The molecule has 0 radical (unpaired) electrons. The van der Waals surface area contributed by atoms with Crippen LogP contribution in [0.2, 0.25) is 0 Å². The minimum absolute atomic E-state index is 0.291. The molecule has 4 N–H and O–H groups in total. The largest absolute Gasteiger partial charge is 0.479 e. The zero-order valence-electron chi connectivity index (χ0n) is 8.69. The summed E-state index contributed by atoms with van der Waals surface area (Å²) >= 11 is 5.57. The van der Waals surface area contributed by atoms with Crippen LogP contribution >= 0.6 is 11.6 Å². The van der Waals surface area contributed by atoms with Gasteiger partial charge in [0.25, 0.3) is 0 Å². The number of carboxylic acid groups (broad SMARTS) is 1. The van der Waals surface area contributed by atoms with Crippen LogP contribution in [-0.4, -0.2) is 22.1 Å². The lowest BCUT2D eigenvalue weighted by Crippen LogP contribution is -2.11. The maximum absolute atomic E-state index is 10.6. The molecule has 0 fully saturated rings. The molecular formula is C11H14ClNO3. The van der Waals surface area contributed by atoms with Crippen LogP contribution in [-0.2, 0) is 11.2 Å². The van der Waals surface area contributed by atoms with E-state index in [1.807, 2.05) is 0 Å². The molecule has 0 heterocycles. The summed E-state index contributed by atoms with van der Waals surface area (Å²) in [5.41, 5.74) is 7.45. The van der Waals surface area contributed by atoms with E-state index in [9.17, 15) is 9.90 Å². The van der Waals surface area contributed by atoms with E-state index in [1.165, 1.54) is 6.07 Å². The minimum Gasteiger partial charge on any atom is -0.479 e. The first-order chi connectivity index (χ1) is 7.56. The van der Waals surface area contributed by atoms with Gasteiger partial charge in [-0.1, -0.05) is 12.1 Å². The van der Waals surface area contributed by atoms with Gasteiger partial charge in [-0.15, -0.1) is 11.6 Å². The first-order valence-corrected chi connectivity index (χ1v) is 5.45. The Kier molecular flexibility index (Phi) is 4.58. The number of hydrogen-bond acceptors (Lipinski definition) is 3. The average Bonchev–Trinajstić information content (AvgIpc) is 2.26. The van der Waals surface area contributed by atoms with Crippen LogP contribution in [0.15, 0.2) is 18.2 Å². The highest BCUT2D eigenvalue weighted by atomic mass is 35.5. The van der Waals surface area contributed by atoms with Crippen LogP contribution in [0.1, 0.15) is 23.7 Å². The van der Waals surface area contributed by atoms with Crippen LogP contribution in [0.25, 0.3) is 0 Å². The van der Waals surface area contributed by atoms with Crippen molar-refractivity contribution in [2.24, 2.45) is 0 Å². The number of carboxylic acids is 1. The highest BCUT2D eigenvalue weighted by Gasteiger charge is 2.16. The Labute approximate surface area is 98.6 Å². The van der Waals surface area contributed by atoms with Gasteiger partial charge in [0.15, 0.2) is 6.10 Å². The summed E-state index contributed by atoms with van der Waals surface area (Å²) in [6.07, 6.45) is 0.0372. The van der Waals surface area contributed by atoms with Crippen molar-refractivity contribution in [1.82, 2.24) is 0 Å². The number of aliphatic carboxylic acids is 1. The number of alkyl halides is 1. The number of benzene rings is 1. The van der Waals surface area contributed by atoms with Gasteiger partial charge in [0.1, 0.15) is 0 Å². The topological polar surface area (TPSA) is 83.5 Å². The fraction of sp³-hybridized carbons (Fsp3) is 0.364. The van der Waals surface area contributed by atoms with Crippen molar-refractivity contribution in [2.75, 3.05) is 11.6 Å². The highest BCUT2D eigenvalue weighted by Crippen LogP contribution is 2.21. The predicted octanol–water partition coefficient (Wildman–Crippen LogP) is 1.56. The number of hydrogen-bond donors (Lipinski definition) is 3. The Balaban J connectivity index is 2.86. The smallest absolute Gasteiger partial charge is 0.337 e. The molecule has 0 spiro atoms. The molecule has 1 atom stereocenters. The number of halogens is 1. The molecule has 0 aliphatic carbocycles. The Morgan fingerprint density at radius 3 is 2.69 bits per heavy atom. The Morgan fingerprint density at radius 1 is 1.50 bits per heavy atom. The lowest BCUT2D eigenvalue weighted by Gasteiger charge is -2.10. The Hall–Kier alpha value is -1.26. The number of carbonyl (C=O) groups is 1. The number of aryl methyl sites for hydroxylation is 1. The molecule has 0 aliphatic rings. The minimum atomic E-state index is -1.52. The van der Waals surface area contributed by atoms with Gasteiger partial charge in [0, 0.05) is 11.6 Å². The first kappa shape index (κ1) is 12.8. The van der Waals surface area contributed by atoms with E-state index in [2.05, 4.69) is 0 Å². The van der Waals surface area contributed by atoms with Gasteiger partial charge in [0.05, 0.1) is 0 Å². The zero-order valence-corrected chi connectivity index (χ0v) is 9.44. The second-order valence-electron chi connectivity index (χ2n) is 3.49. The molecule has 1 unspecified atom stereocenters. The van der Waals surface area contributed by atoms with Crippen LogP contribution in [0, 0.1) is 0 Å². The maximum Gasteiger partial charge on any atom is 0.337 e. The molecule has 16 heavy (non-hydrogen) atoms. The highest BCUT2D eigenvalue weighted by molar-refractivity contribution is 6.17. The van der Waals surface area contributed by atoms with Gasteiger partial charge in [-0.05, 0) is 30.0 Å². The standard InChI is InChI=1S/C11H14ClNO3/c12-5-1-2-7-3-4-8(6-9(7)13)10(14)11(15)16/h3-4,6,10,14H,1-2,5,13H2,(H,15,16). The van der Waals surface area contributed by atoms with Crippen LogP contribution in [0.4, 0.5) is 5.69 Å². The van der Waals surface area contributed by atoms with E-state index in [0.29, 0.717) is 17.1 Å². The summed E-state index contributed by atoms with van der Waals surface area (Å²) in [4.78, 5) is 10.6. The number of nitrogen functional groups attached to an aromatic ring is 1. The molecule has 88 valence electrons. The molecule has 0 saturated heterocycles. The van der Waals surface area contributed by atoms with E-state index in [-0.39, 0.29) is 0 Å². The van der Waals surface area contributed by atoms with Crippen LogP contribution < -0.4 is 5.73 Å². The van der Waals surface area contributed by atoms with Gasteiger partial charge in [-0.2, -0.15) is 0 Å². The molecule has 0 aliphatic heterocycles. The quantitative estimate of drug-likeness (QED) is 0.541. The lowest BCUT2D eigenvalue weighted by atomic mass is 10.0. The molecule has 5 heteroatoms. The van der Waals surface area contributed by atoms with Crippen molar-refractivity contribution in [3.05, 3.63) is 29.3 Å². The summed E-state index contributed by atoms with van der Waals surface area (Å²) in [6.45, 7) is 0. The maximum atomic E-state index is 10.6. The average molecular weight is 244 g/mol. The van der Waals surface area contributed by atoms with E-state index in [4.69, 9.17) is 22.4 Å². The summed E-state index contributed by atoms with van der Waals surface area (Å²) in [5.74, 6) is -0.730. The van der Waals surface area contributed by atoms with E-state index < -0.39 is 12.1 Å². The van der Waals surface area contributed by atoms with Crippen LogP contribution in [0.3, 0.4) is 0 Å². The second-order valence-corrected chi connectivity index (χ2v) is 3.87. The van der Waals surface area contributed by atoms with Gasteiger partial charge in [-0.3, -0.25) is 0 Å². The molecule has 1 aromatic rings. The zero-order chi connectivity index (χ0) is 12.1. The number of aliphatic hydroxyl groups excluding tert-OH is 1. The molecule has 0 saturated carbocycles. The molecule has 4 nitrogen and oxygen atoms in total. The summed E-state index contributed by atoms with van der Waals surface area (Å²) in [6, 6.07) is 4.78. The third-order valence-electron chi connectivity index (χ3n) is 2.30. The van der Waals surface area contributed by atoms with Crippen molar-refractivity contribution >= 4 is 23.3 Å². The summed E-state index contributed by atoms with van der Waals surface area (Å²) < 4.78 is 0. The van der Waals surface area contributed by atoms with Crippen molar-refractivity contribution in [3.63, 3.8) is 0 Å². The Bertz CT molecular complexity index is 381. The van der Waals surface area contributed by atoms with Gasteiger partial charge in [-0.25, -0.2) is 4.79 Å². The van der Waals surface area contributed by atoms with E-state index in [0.717, 1.165) is 18.4 Å². The molecular weight excluding hydrogens is 230 g/mol. The molecule has 0 bridgehead atoms. The Morgan fingerprint density at radius 2 is 2.19 bits per heavy atom. The fourth-order valence-corrected chi connectivity index (χ4v) is 1.54. The predicted molar refractivity (Wildman–Crippen MR) is 62.5 cm³/mol. The lowest BCUT2D eigenvalue weighted by molar-refractivity contribution is -0.146. The first-order valence-electron chi connectivity index (χ1n) is 4.91. The number of rotatable bonds is 5. The molecule has 0 amide bonds. The molecule has 0 aromatic heterocycles. The summed E-state index contributed by atoms with van der Waals surface area (Å²) in [7, 11) is 0. The normalized spacial score (nSPS) is 12.4. The van der Waals surface area contributed by atoms with Crippen molar-refractivity contribution in [2.45, 2.75) is 18.9 Å². The monoisotopic (exact) mass is 243 g/mol. The number of nitrogens with two attached hydrogens (primary N) is 1. The van der Waals surface area contributed by atoms with Crippen molar-refractivity contribution in [1.29, 1.82) is 0 Å². The third kappa shape index (κ3) is 3.12. The number of aliphatic hydroxyl groups is 1. The summed E-state index contributed by atoms with van der Waals surface area (Å²) in [5, 5.41) is 17.9. The molecule has 1 aromatic carbocycles. The molecule has 1 rings (SSSR count). The van der Waals surface area contributed by atoms with Gasteiger partial charge in [0.2, 0.25) is 0 Å². The fourth-order valence-electron chi connectivity index (χ4n) is 1.41. The van der Waals surface area contributed by atoms with Crippen LogP contribution in [0.5, 0.6) is 0 Å².